The number of ether oxygens (including phenoxy) is 1. The van der Waals surface area contributed by atoms with Gasteiger partial charge in [0.05, 0.1) is 6.26 Å². The first-order valence-electron chi connectivity index (χ1n) is 3.35. The Bertz CT molecular complexity index is 145. The fourth-order valence-corrected chi connectivity index (χ4v) is 0.526. The van der Waals surface area contributed by atoms with Crippen molar-refractivity contribution in [2.24, 2.45) is 0 Å². The molecule has 0 aromatic carbocycles. The number of hydrogen-bond donors (Lipinski definition) is 2. The molecule has 0 saturated heterocycles. The lowest BCUT2D eigenvalue weighted by atomic mass is 10.3. The van der Waals surface area contributed by atoms with E-state index in [0.717, 1.165) is 0 Å². The summed E-state index contributed by atoms with van der Waals surface area (Å²) >= 11 is 0. The van der Waals surface area contributed by atoms with Gasteiger partial charge in [0.2, 0.25) is 0 Å². The fourth-order valence-electron chi connectivity index (χ4n) is 0.526. The van der Waals surface area contributed by atoms with E-state index in [9.17, 15) is 4.79 Å². The van der Waals surface area contributed by atoms with Crippen LogP contribution in [0, 0.1) is 0 Å². The van der Waals surface area contributed by atoms with Gasteiger partial charge in [-0.3, -0.25) is 4.79 Å². The third-order valence-electron chi connectivity index (χ3n) is 1.14. The summed E-state index contributed by atoms with van der Waals surface area (Å²) in [6.07, 6.45) is 3.17. The van der Waals surface area contributed by atoms with Crippen molar-refractivity contribution in [3.8, 4) is 0 Å². The molecule has 0 heterocycles. The molecular formula is C7H13NO3. The van der Waals surface area contributed by atoms with Gasteiger partial charge in [-0.25, -0.2) is 0 Å². The van der Waals surface area contributed by atoms with E-state index >= 15 is 0 Å². The molecule has 0 aliphatic rings. The van der Waals surface area contributed by atoms with E-state index in [-0.39, 0.29) is 6.61 Å². The molecule has 0 aliphatic heterocycles. The predicted octanol–water partition coefficient (Wildman–Crippen LogP) is 0.209. The van der Waals surface area contributed by atoms with Crippen LogP contribution < -0.4 is 5.32 Å². The second-order valence-corrected chi connectivity index (χ2v) is 1.98. The Morgan fingerprint density at radius 3 is 2.82 bits per heavy atom. The lowest BCUT2D eigenvalue weighted by molar-refractivity contribution is -0.140. The molecule has 2 N–H and O–H groups in total. The molecule has 0 bridgehead atoms. The quantitative estimate of drug-likeness (QED) is 0.563. The molecule has 4 nitrogen and oxygen atoms in total. The maximum absolute atomic E-state index is 10.4. The molecule has 11 heavy (non-hydrogen) atoms. The lowest BCUT2D eigenvalue weighted by Crippen LogP contribution is -2.37. The molecule has 0 spiro atoms. The first kappa shape index (κ1) is 9.97. The predicted molar refractivity (Wildman–Crippen MR) is 41.2 cm³/mol. The van der Waals surface area contributed by atoms with Gasteiger partial charge in [-0.15, -0.1) is 0 Å². The number of nitrogens with one attached hydrogen (secondary N) is 1. The molecule has 64 valence electrons. The van der Waals surface area contributed by atoms with Crippen molar-refractivity contribution in [3.63, 3.8) is 0 Å². The minimum atomic E-state index is -0.906. The zero-order chi connectivity index (χ0) is 8.69. The third-order valence-corrected chi connectivity index (χ3v) is 1.14. The van der Waals surface area contributed by atoms with E-state index in [1.165, 1.54) is 6.26 Å². The normalized spacial score (nSPS) is 13.3. The highest BCUT2D eigenvalue weighted by atomic mass is 16.5. The number of allylic oxidation sites excluding steroid dienone is 1. The molecular weight excluding hydrogens is 146 g/mol. The Hall–Kier alpha value is -1.03. The molecule has 4 heteroatoms. The van der Waals surface area contributed by atoms with Crippen LogP contribution in [0.3, 0.4) is 0 Å². The molecule has 0 amide bonds. The summed E-state index contributed by atoms with van der Waals surface area (Å²) in [7, 11) is 1.58. The number of carbonyl (C=O) groups is 1. The van der Waals surface area contributed by atoms with Gasteiger partial charge < -0.3 is 15.2 Å². The first-order valence-corrected chi connectivity index (χ1v) is 3.35. The number of carboxylic acids is 1. The summed E-state index contributed by atoms with van der Waals surface area (Å²) in [5, 5.41) is 11.1. The minimum absolute atomic E-state index is 0.149. The molecule has 0 aromatic heterocycles. The molecule has 0 radical (unpaired) electrons. The second-order valence-electron chi connectivity index (χ2n) is 1.98. The van der Waals surface area contributed by atoms with Crippen molar-refractivity contribution in [3.05, 3.63) is 12.3 Å². The van der Waals surface area contributed by atoms with Gasteiger partial charge >= 0.3 is 5.97 Å². The number of likely N-dealkylation sites (N-methyl/N-ethyl adjacent to an activating group) is 1. The highest BCUT2D eigenvalue weighted by Crippen LogP contribution is 1.86. The summed E-state index contributed by atoms with van der Waals surface area (Å²) in [6.45, 7) is 1.95. The van der Waals surface area contributed by atoms with Crippen LogP contribution in [0.1, 0.15) is 6.92 Å². The van der Waals surface area contributed by atoms with Crippen molar-refractivity contribution >= 4 is 5.97 Å². The SMILES string of the molecule is CC=COC[C@@H](NC)C(=O)O. The highest BCUT2D eigenvalue weighted by Gasteiger charge is 2.13. The standard InChI is InChI=1S/C7H13NO3/c1-3-4-11-5-6(8-2)7(9)10/h3-4,6,8H,5H2,1-2H3,(H,9,10)/t6-/m1/s1. The molecule has 0 aromatic rings. The Kier molecular flexibility index (Phi) is 5.20. The zero-order valence-corrected chi connectivity index (χ0v) is 6.70. The van der Waals surface area contributed by atoms with Crippen LogP contribution in [0.4, 0.5) is 0 Å². The summed E-state index contributed by atoms with van der Waals surface area (Å²) < 4.78 is 4.87. The van der Waals surface area contributed by atoms with E-state index in [1.54, 1.807) is 20.0 Å². The molecule has 0 rings (SSSR count). The fraction of sp³-hybridized carbons (Fsp3) is 0.571. The van der Waals surface area contributed by atoms with E-state index in [4.69, 9.17) is 9.84 Å². The maximum Gasteiger partial charge on any atom is 0.324 e. The van der Waals surface area contributed by atoms with Gasteiger partial charge in [0.1, 0.15) is 12.6 Å². The average molecular weight is 159 g/mol. The Balaban J connectivity index is 3.61. The number of carboxylic acid groups (broad SMARTS) is 1. The smallest absolute Gasteiger partial charge is 0.324 e. The van der Waals surface area contributed by atoms with Gasteiger partial charge in [-0.1, -0.05) is 6.08 Å². The van der Waals surface area contributed by atoms with Crippen molar-refractivity contribution < 1.29 is 14.6 Å². The molecule has 0 fully saturated rings. The lowest BCUT2D eigenvalue weighted by Gasteiger charge is -2.09. The topological polar surface area (TPSA) is 58.6 Å². The summed E-state index contributed by atoms with van der Waals surface area (Å²) in [4.78, 5) is 10.4. The summed E-state index contributed by atoms with van der Waals surface area (Å²) in [5.74, 6) is -0.906. The van der Waals surface area contributed by atoms with Crippen molar-refractivity contribution in [2.75, 3.05) is 13.7 Å². The molecule has 1 atom stereocenters. The van der Waals surface area contributed by atoms with Crippen LogP contribution in [0.2, 0.25) is 0 Å². The molecule has 0 aliphatic carbocycles. The van der Waals surface area contributed by atoms with Gasteiger partial charge in [0, 0.05) is 0 Å². The van der Waals surface area contributed by atoms with E-state index in [2.05, 4.69) is 5.32 Å². The monoisotopic (exact) mass is 159 g/mol. The van der Waals surface area contributed by atoms with Crippen LogP contribution in [0.5, 0.6) is 0 Å². The van der Waals surface area contributed by atoms with Crippen LogP contribution in [0.25, 0.3) is 0 Å². The number of hydrogen-bond acceptors (Lipinski definition) is 3. The third kappa shape index (κ3) is 4.38. The highest BCUT2D eigenvalue weighted by molar-refractivity contribution is 5.73. The van der Waals surface area contributed by atoms with Crippen LogP contribution >= 0.6 is 0 Å². The van der Waals surface area contributed by atoms with Crippen LogP contribution in [-0.2, 0) is 9.53 Å². The second kappa shape index (κ2) is 5.73. The van der Waals surface area contributed by atoms with E-state index < -0.39 is 12.0 Å². The Morgan fingerprint density at radius 2 is 2.45 bits per heavy atom. The minimum Gasteiger partial charge on any atom is -0.499 e. The Morgan fingerprint density at radius 1 is 1.82 bits per heavy atom. The number of rotatable bonds is 5. The van der Waals surface area contributed by atoms with Crippen molar-refractivity contribution in [1.82, 2.24) is 5.32 Å². The van der Waals surface area contributed by atoms with Gasteiger partial charge in [0.25, 0.3) is 0 Å². The largest absolute Gasteiger partial charge is 0.499 e. The average Bonchev–Trinajstić information content (AvgIpc) is 1.97. The van der Waals surface area contributed by atoms with Gasteiger partial charge in [0.15, 0.2) is 0 Å². The van der Waals surface area contributed by atoms with E-state index in [0.29, 0.717) is 0 Å². The first-order chi connectivity index (χ1) is 5.22. The molecule has 0 saturated carbocycles. The number of aliphatic carboxylic acids is 1. The summed E-state index contributed by atoms with van der Waals surface area (Å²) in [6, 6.07) is -0.633. The van der Waals surface area contributed by atoms with E-state index in [1.807, 2.05) is 0 Å². The van der Waals surface area contributed by atoms with Crippen LogP contribution in [-0.4, -0.2) is 30.8 Å². The zero-order valence-electron chi connectivity index (χ0n) is 6.70. The maximum atomic E-state index is 10.4. The molecule has 0 unspecified atom stereocenters. The summed E-state index contributed by atoms with van der Waals surface area (Å²) in [5.41, 5.74) is 0. The van der Waals surface area contributed by atoms with Gasteiger partial charge in [-0.05, 0) is 14.0 Å². The van der Waals surface area contributed by atoms with Gasteiger partial charge in [-0.2, -0.15) is 0 Å². The Labute approximate surface area is 65.9 Å². The van der Waals surface area contributed by atoms with Crippen molar-refractivity contribution in [1.29, 1.82) is 0 Å². The van der Waals surface area contributed by atoms with Crippen molar-refractivity contribution in [2.45, 2.75) is 13.0 Å². The van der Waals surface area contributed by atoms with Crippen LogP contribution in [0.15, 0.2) is 12.3 Å².